The van der Waals surface area contributed by atoms with Gasteiger partial charge in [0.05, 0.1) is 39.9 Å². The number of nitrogens with one attached hydrogen (secondary N) is 1. The smallest absolute Gasteiger partial charge is 0.268 e. The van der Waals surface area contributed by atoms with E-state index in [9.17, 15) is 19.4 Å². The van der Waals surface area contributed by atoms with Crippen LogP contribution >= 0.6 is 7.82 Å². The fourth-order valence-corrected chi connectivity index (χ4v) is 7.22. The first kappa shape index (κ1) is 53.0. The minimum Gasteiger partial charge on any atom is -0.756 e. The third-order valence-corrected chi connectivity index (χ3v) is 11.1. The predicted octanol–water partition coefficient (Wildman–Crippen LogP) is 11.9. The topological polar surface area (TPSA) is 108 Å². The minimum atomic E-state index is -4.58. The Morgan fingerprint density at radius 1 is 0.630 bits per heavy atom. The van der Waals surface area contributed by atoms with Crippen molar-refractivity contribution in [1.29, 1.82) is 0 Å². The third-order valence-electron chi connectivity index (χ3n) is 10.2. The van der Waals surface area contributed by atoms with E-state index in [1.807, 2.05) is 27.2 Å². The van der Waals surface area contributed by atoms with Gasteiger partial charge in [0.2, 0.25) is 5.91 Å². The highest BCUT2D eigenvalue weighted by atomic mass is 31.2. The van der Waals surface area contributed by atoms with Crippen LogP contribution in [-0.2, 0) is 18.4 Å². The van der Waals surface area contributed by atoms with Gasteiger partial charge < -0.3 is 28.8 Å². The molecule has 0 aromatic rings. The lowest BCUT2D eigenvalue weighted by Gasteiger charge is -2.29. The van der Waals surface area contributed by atoms with Gasteiger partial charge in [0.1, 0.15) is 13.2 Å². The fourth-order valence-electron chi connectivity index (χ4n) is 6.50. The molecule has 0 heterocycles. The van der Waals surface area contributed by atoms with E-state index in [-0.39, 0.29) is 19.1 Å². The number of nitrogens with zero attached hydrogens (tertiary/aromatic N) is 1. The molecule has 0 aliphatic rings. The van der Waals surface area contributed by atoms with Crippen LogP contribution in [0.3, 0.4) is 0 Å². The van der Waals surface area contributed by atoms with Gasteiger partial charge in [-0.1, -0.05) is 179 Å². The Labute approximate surface area is 334 Å². The van der Waals surface area contributed by atoms with Gasteiger partial charge in [0, 0.05) is 6.42 Å². The molecule has 0 spiro atoms. The van der Waals surface area contributed by atoms with Gasteiger partial charge >= 0.3 is 0 Å². The molecule has 2 N–H and O–H groups in total. The lowest BCUT2D eigenvalue weighted by Crippen LogP contribution is -2.45. The van der Waals surface area contributed by atoms with Crippen LogP contribution in [0.2, 0.25) is 0 Å². The largest absolute Gasteiger partial charge is 0.756 e. The molecule has 0 fully saturated rings. The van der Waals surface area contributed by atoms with Crippen molar-refractivity contribution in [1.82, 2.24) is 5.32 Å². The standard InChI is InChI=1S/C45H89N2O6P/c1-6-8-10-12-14-16-18-20-21-22-23-24-25-27-29-31-33-35-37-39-45(49)46-43(42-53-54(50,51)52-41-40-47(3,4)5)44(48)38-36-34-32-30-28-26-19-17-15-13-11-9-7-2/h20-21,36,38,43-44,48H,6-19,22-35,37,39-42H2,1-5H3,(H-,46,49,50,51)/b21-20+,38-36+/t43-,44+/m0/s1. The fraction of sp³-hybridized carbons (Fsp3) is 0.889. The summed E-state index contributed by atoms with van der Waals surface area (Å²) < 4.78 is 23.2. The molecule has 0 radical (unpaired) electrons. The Hall–Kier alpha value is -1.02. The highest BCUT2D eigenvalue weighted by molar-refractivity contribution is 7.45. The molecule has 54 heavy (non-hydrogen) atoms. The molecule has 0 aliphatic carbocycles. The number of phosphoric ester groups is 1. The van der Waals surface area contributed by atoms with Gasteiger partial charge in [-0.3, -0.25) is 9.36 Å². The average Bonchev–Trinajstić information content (AvgIpc) is 3.12. The lowest BCUT2D eigenvalue weighted by molar-refractivity contribution is -0.870. The first-order chi connectivity index (χ1) is 26.0. The summed E-state index contributed by atoms with van der Waals surface area (Å²) >= 11 is 0. The Bertz CT molecular complexity index is 938. The summed E-state index contributed by atoms with van der Waals surface area (Å²) in [5.41, 5.74) is 0. The molecule has 1 unspecified atom stereocenters. The van der Waals surface area contributed by atoms with Gasteiger partial charge in [-0.15, -0.1) is 0 Å². The van der Waals surface area contributed by atoms with Gasteiger partial charge in [-0.25, -0.2) is 0 Å². The second-order valence-corrected chi connectivity index (χ2v) is 18.2. The first-order valence-corrected chi connectivity index (χ1v) is 24.2. The molecule has 0 aromatic carbocycles. The summed E-state index contributed by atoms with van der Waals surface area (Å²) in [5, 5.41) is 13.8. The number of carbonyl (C=O) groups excluding carboxylic acids is 1. The lowest BCUT2D eigenvalue weighted by atomic mass is 10.0. The number of allylic oxidation sites excluding steroid dienone is 3. The van der Waals surface area contributed by atoms with E-state index in [0.29, 0.717) is 17.4 Å². The van der Waals surface area contributed by atoms with Crippen molar-refractivity contribution >= 4 is 13.7 Å². The summed E-state index contributed by atoms with van der Waals surface area (Å²) in [6.07, 6.45) is 43.6. The van der Waals surface area contributed by atoms with Crippen LogP contribution in [0.4, 0.5) is 0 Å². The summed E-state index contributed by atoms with van der Waals surface area (Å²) in [5.74, 6) is -0.200. The number of hydrogen-bond acceptors (Lipinski definition) is 6. The van der Waals surface area contributed by atoms with Crippen molar-refractivity contribution in [2.24, 2.45) is 0 Å². The van der Waals surface area contributed by atoms with E-state index in [1.54, 1.807) is 6.08 Å². The van der Waals surface area contributed by atoms with Crippen LogP contribution in [0, 0.1) is 0 Å². The van der Waals surface area contributed by atoms with Gasteiger partial charge in [-0.2, -0.15) is 0 Å². The molecular weight excluding hydrogens is 695 g/mol. The summed E-state index contributed by atoms with van der Waals surface area (Å²) in [4.78, 5) is 25.3. The molecule has 0 saturated heterocycles. The second-order valence-electron chi connectivity index (χ2n) is 16.8. The molecule has 320 valence electrons. The maximum Gasteiger partial charge on any atom is 0.268 e. The predicted molar refractivity (Wildman–Crippen MR) is 228 cm³/mol. The van der Waals surface area contributed by atoms with E-state index in [2.05, 4.69) is 31.3 Å². The van der Waals surface area contributed by atoms with Crippen molar-refractivity contribution in [3.8, 4) is 0 Å². The number of rotatable bonds is 41. The molecule has 0 saturated carbocycles. The van der Waals surface area contributed by atoms with Crippen molar-refractivity contribution < 1.29 is 32.9 Å². The van der Waals surface area contributed by atoms with Crippen LogP contribution in [-0.4, -0.2) is 68.5 Å². The number of likely N-dealkylation sites (N-methyl/N-ethyl adjacent to an activating group) is 1. The number of unbranched alkanes of at least 4 members (excludes halogenated alkanes) is 26. The molecule has 0 bridgehead atoms. The molecule has 0 aromatic heterocycles. The zero-order valence-electron chi connectivity index (χ0n) is 36.2. The van der Waals surface area contributed by atoms with Crippen molar-refractivity contribution in [2.75, 3.05) is 40.9 Å². The first-order valence-electron chi connectivity index (χ1n) is 22.7. The minimum absolute atomic E-state index is 0.000281. The van der Waals surface area contributed by atoms with Crippen LogP contribution in [0.25, 0.3) is 0 Å². The number of quaternary nitrogens is 1. The van der Waals surface area contributed by atoms with E-state index < -0.39 is 20.0 Å². The zero-order valence-corrected chi connectivity index (χ0v) is 37.1. The van der Waals surface area contributed by atoms with Crippen molar-refractivity contribution in [2.45, 2.75) is 219 Å². The Morgan fingerprint density at radius 3 is 1.44 bits per heavy atom. The Kier molecular flexibility index (Phi) is 36.8. The zero-order chi connectivity index (χ0) is 40.0. The monoisotopic (exact) mass is 785 g/mol. The Balaban J connectivity index is 4.36. The Morgan fingerprint density at radius 2 is 1.02 bits per heavy atom. The van der Waals surface area contributed by atoms with Crippen LogP contribution in [0.1, 0.15) is 206 Å². The normalized spacial score (nSPS) is 14.6. The van der Waals surface area contributed by atoms with Crippen LogP contribution < -0.4 is 10.2 Å². The quantitative estimate of drug-likeness (QED) is 0.0277. The van der Waals surface area contributed by atoms with Gasteiger partial charge in [0.15, 0.2) is 0 Å². The van der Waals surface area contributed by atoms with E-state index >= 15 is 0 Å². The summed E-state index contributed by atoms with van der Waals surface area (Å²) in [7, 11) is 1.26. The summed E-state index contributed by atoms with van der Waals surface area (Å²) in [6, 6.07) is -0.883. The number of amides is 1. The maximum atomic E-state index is 12.8. The summed E-state index contributed by atoms with van der Waals surface area (Å²) in [6.45, 7) is 4.64. The highest BCUT2D eigenvalue weighted by Crippen LogP contribution is 2.38. The van der Waals surface area contributed by atoms with E-state index in [1.165, 1.54) is 148 Å². The van der Waals surface area contributed by atoms with Crippen LogP contribution in [0.5, 0.6) is 0 Å². The number of hydrogen-bond donors (Lipinski definition) is 2. The molecule has 9 heteroatoms. The van der Waals surface area contributed by atoms with E-state index in [4.69, 9.17) is 9.05 Å². The molecule has 8 nitrogen and oxygen atoms in total. The molecular formula is C45H89N2O6P. The van der Waals surface area contributed by atoms with Crippen LogP contribution in [0.15, 0.2) is 24.3 Å². The molecule has 0 rings (SSSR count). The molecule has 0 aliphatic heterocycles. The number of phosphoric acid groups is 1. The van der Waals surface area contributed by atoms with Crippen molar-refractivity contribution in [3.63, 3.8) is 0 Å². The number of carbonyl (C=O) groups is 1. The number of aliphatic hydroxyl groups is 1. The maximum absolute atomic E-state index is 12.8. The van der Waals surface area contributed by atoms with Gasteiger partial charge in [-0.05, 0) is 44.9 Å². The number of aliphatic hydroxyl groups excluding tert-OH is 1. The second kappa shape index (κ2) is 37.6. The average molecular weight is 785 g/mol. The molecule has 1 amide bonds. The molecule has 3 atom stereocenters. The highest BCUT2D eigenvalue weighted by Gasteiger charge is 2.23. The van der Waals surface area contributed by atoms with E-state index in [0.717, 1.165) is 38.5 Å². The van der Waals surface area contributed by atoms with Crippen molar-refractivity contribution in [3.05, 3.63) is 24.3 Å². The van der Waals surface area contributed by atoms with Gasteiger partial charge in [0.25, 0.3) is 7.82 Å². The third kappa shape index (κ3) is 39.2. The SMILES string of the molecule is CCCCCCCC/C=C/CCCCCCCCCCCC(=O)N[C@@H](COP(=O)([O-])OCC[N+](C)(C)C)[C@H](O)/C=C/CCCCCCCCCCCCC.